The lowest BCUT2D eigenvalue weighted by molar-refractivity contribution is 0.0652. The standard InChI is InChI=1S/C13H11NO/c1-2-4-6(5-3-1)12-11-9-7-8(9)10(7)13(11)15-14-12/h1-5,7-11,13H/t7-,8+,9?,10?,11-,13-/m0/s1. The van der Waals surface area contributed by atoms with Crippen LogP contribution in [0, 0.1) is 29.6 Å². The van der Waals surface area contributed by atoms with Crippen molar-refractivity contribution >= 4 is 5.71 Å². The lowest BCUT2D eigenvalue weighted by Crippen LogP contribution is -2.19. The molecule has 2 unspecified atom stereocenters. The first-order valence-electron chi connectivity index (χ1n) is 5.76. The Hall–Kier alpha value is -1.31. The summed E-state index contributed by atoms with van der Waals surface area (Å²) >= 11 is 0. The summed E-state index contributed by atoms with van der Waals surface area (Å²) in [5.41, 5.74) is 2.48. The summed E-state index contributed by atoms with van der Waals surface area (Å²) in [5, 5.41) is 4.30. The third kappa shape index (κ3) is 0.638. The molecule has 2 bridgehead atoms. The second-order valence-electron chi connectivity index (χ2n) is 5.25. The first-order valence-corrected chi connectivity index (χ1v) is 5.76. The Kier molecular flexibility index (Phi) is 0.924. The highest BCUT2D eigenvalue weighted by Crippen LogP contribution is 2.85. The Morgan fingerprint density at radius 1 is 0.933 bits per heavy atom. The van der Waals surface area contributed by atoms with E-state index in [-0.39, 0.29) is 0 Å². The molecule has 74 valence electrons. The number of hydrogen-bond acceptors (Lipinski definition) is 2. The van der Waals surface area contributed by atoms with Crippen LogP contribution in [0.25, 0.3) is 0 Å². The van der Waals surface area contributed by atoms with E-state index in [1.807, 2.05) is 0 Å². The molecule has 1 aromatic rings. The van der Waals surface area contributed by atoms with Gasteiger partial charge in [-0.3, -0.25) is 0 Å². The van der Waals surface area contributed by atoms with Crippen molar-refractivity contribution in [2.24, 2.45) is 34.7 Å². The summed E-state index contributed by atoms with van der Waals surface area (Å²) in [7, 11) is 0. The van der Waals surface area contributed by atoms with Gasteiger partial charge in [-0.05, 0) is 23.3 Å². The maximum absolute atomic E-state index is 5.61. The molecule has 0 aromatic heterocycles. The van der Waals surface area contributed by atoms with Crippen molar-refractivity contribution < 1.29 is 4.84 Å². The maximum Gasteiger partial charge on any atom is 0.139 e. The van der Waals surface area contributed by atoms with E-state index in [0.717, 1.165) is 23.7 Å². The molecule has 15 heavy (non-hydrogen) atoms. The van der Waals surface area contributed by atoms with Crippen molar-refractivity contribution in [3.8, 4) is 0 Å². The monoisotopic (exact) mass is 197 g/mol. The van der Waals surface area contributed by atoms with Gasteiger partial charge in [0, 0.05) is 11.8 Å². The molecule has 6 rings (SSSR count). The summed E-state index contributed by atoms with van der Waals surface area (Å²) in [5.74, 6) is 4.49. The molecule has 4 aliphatic carbocycles. The van der Waals surface area contributed by atoms with Crippen LogP contribution >= 0.6 is 0 Å². The summed E-state index contributed by atoms with van der Waals surface area (Å²) in [4.78, 5) is 5.61. The average molecular weight is 197 g/mol. The van der Waals surface area contributed by atoms with Crippen molar-refractivity contribution in [2.45, 2.75) is 6.10 Å². The van der Waals surface area contributed by atoms with Gasteiger partial charge in [0.1, 0.15) is 6.10 Å². The predicted molar refractivity (Wildman–Crippen MR) is 55.3 cm³/mol. The number of hydrogen-bond donors (Lipinski definition) is 0. The van der Waals surface area contributed by atoms with E-state index in [0.29, 0.717) is 12.0 Å². The molecule has 0 amide bonds. The Labute approximate surface area is 87.9 Å². The van der Waals surface area contributed by atoms with Crippen LogP contribution in [0.5, 0.6) is 0 Å². The molecule has 2 nitrogen and oxygen atoms in total. The molecule has 5 aliphatic rings. The summed E-state index contributed by atoms with van der Waals surface area (Å²) in [6, 6.07) is 10.5. The van der Waals surface area contributed by atoms with Gasteiger partial charge in [-0.15, -0.1) is 0 Å². The quantitative estimate of drug-likeness (QED) is 0.674. The van der Waals surface area contributed by atoms with Crippen LogP contribution in [0.3, 0.4) is 0 Å². The van der Waals surface area contributed by atoms with Crippen LogP contribution in [-0.4, -0.2) is 11.8 Å². The molecular formula is C13H11NO. The third-order valence-corrected chi connectivity index (χ3v) is 4.75. The van der Waals surface area contributed by atoms with Crippen molar-refractivity contribution in [3.05, 3.63) is 35.9 Å². The topological polar surface area (TPSA) is 21.6 Å². The molecule has 1 aromatic carbocycles. The SMILES string of the molecule is c1ccc(C2=NO[C@H]3C4[C@H]5C([C@@H]45)[C@@H]23)cc1. The molecule has 0 saturated heterocycles. The van der Waals surface area contributed by atoms with Gasteiger partial charge in [-0.25, -0.2) is 0 Å². The van der Waals surface area contributed by atoms with Gasteiger partial charge in [0.05, 0.1) is 5.71 Å². The highest BCUT2D eigenvalue weighted by Gasteiger charge is 2.87. The summed E-state index contributed by atoms with van der Waals surface area (Å²) < 4.78 is 0. The molecule has 4 saturated carbocycles. The molecule has 1 heterocycles. The molecule has 6 atom stereocenters. The molecule has 1 aliphatic heterocycles. The minimum atomic E-state index is 0.445. The van der Waals surface area contributed by atoms with Gasteiger partial charge in [0.15, 0.2) is 0 Å². The zero-order valence-corrected chi connectivity index (χ0v) is 8.21. The Morgan fingerprint density at radius 3 is 2.53 bits per heavy atom. The first kappa shape index (κ1) is 7.04. The van der Waals surface area contributed by atoms with Crippen LogP contribution < -0.4 is 0 Å². The Morgan fingerprint density at radius 2 is 1.73 bits per heavy atom. The van der Waals surface area contributed by atoms with Gasteiger partial charge in [-0.2, -0.15) is 0 Å². The molecule has 2 heteroatoms. The largest absolute Gasteiger partial charge is 0.391 e. The maximum atomic E-state index is 5.61. The lowest BCUT2D eigenvalue weighted by Gasteiger charge is -2.08. The van der Waals surface area contributed by atoms with Crippen molar-refractivity contribution in [3.63, 3.8) is 0 Å². The number of benzene rings is 1. The average Bonchev–Trinajstić information content (AvgIpc) is 3.01. The summed E-state index contributed by atoms with van der Waals surface area (Å²) in [6.45, 7) is 0. The first-order chi connectivity index (χ1) is 7.47. The van der Waals surface area contributed by atoms with E-state index in [1.54, 1.807) is 0 Å². The van der Waals surface area contributed by atoms with Crippen molar-refractivity contribution in [1.29, 1.82) is 0 Å². The van der Waals surface area contributed by atoms with E-state index in [9.17, 15) is 0 Å². The van der Waals surface area contributed by atoms with Gasteiger partial charge in [0.2, 0.25) is 0 Å². The van der Waals surface area contributed by atoms with Crippen LogP contribution in [0.2, 0.25) is 0 Å². The predicted octanol–water partition coefficient (Wildman–Crippen LogP) is 1.91. The highest BCUT2D eigenvalue weighted by atomic mass is 16.6. The summed E-state index contributed by atoms with van der Waals surface area (Å²) in [6.07, 6.45) is 0.445. The van der Waals surface area contributed by atoms with Crippen molar-refractivity contribution in [1.82, 2.24) is 0 Å². The minimum Gasteiger partial charge on any atom is -0.391 e. The van der Waals surface area contributed by atoms with Gasteiger partial charge in [-0.1, -0.05) is 35.5 Å². The lowest BCUT2D eigenvalue weighted by atomic mass is 9.94. The molecule has 4 fully saturated rings. The van der Waals surface area contributed by atoms with E-state index in [1.165, 1.54) is 11.3 Å². The van der Waals surface area contributed by atoms with Crippen molar-refractivity contribution in [2.75, 3.05) is 0 Å². The Bertz CT molecular complexity index is 471. The fourth-order valence-electron chi connectivity index (χ4n) is 4.02. The molecule has 0 N–H and O–H groups in total. The van der Waals surface area contributed by atoms with Crippen LogP contribution in [0.1, 0.15) is 5.56 Å². The van der Waals surface area contributed by atoms with E-state index in [2.05, 4.69) is 35.5 Å². The van der Waals surface area contributed by atoms with E-state index >= 15 is 0 Å². The minimum absolute atomic E-state index is 0.445. The van der Waals surface area contributed by atoms with Gasteiger partial charge in [0.25, 0.3) is 0 Å². The third-order valence-electron chi connectivity index (χ3n) is 4.75. The second-order valence-corrected chi connectivity index (χ2v) is 5.25. The van der Waals surface area contributed by atoms with Crippen LogP contribution in [0.4, 0.5) is 0 Å². The number of oxime groups is 1. The number of rotatable bonds is 1. The zero-order valence-electron chi connectivity index (χ0n) is 8.21. The Balaban J connectivity index is 1.60. The van der Waals surface area contributed by atoms with Gasteiger partial charge < -0.3 is 4.84 Å². The molecule has 0 radical (unpaired) electrons. The highest BCUT2D eigenvalue weighted by molar-refractivity contribution is 6.04. The fraction of sp³-hybridized carbons (Fsp3) is 0.462. The molecular weight excluding hydrogens is 186 g/mol. The van der Waals surface area contributed by atoms with E-state index < -0.39 is 0 Å². The van der Waals surface area contributed by atoms with Crippen LogP contribution in [0.15, 0.2) is 35.5 Å². The number of nitrogens with zero attached hydrogens (tertiary/aromatic N) is 1. The fourth-order valence-corrected chi connectivity index (χ4v) is 4.02. The normalized spacial score (nSPS) is 51.6. The van der Waals surface area contributed by atoms with Gasteiger partial charge >= 0.3 is 0 Å². The molecule has 0 spiro atoms. The van der Waals surface area contributed by atoms with Crippen LogP contribution in [-0.2, 0) is 4.84 Å². The van der Waals surface area contributed by atoms with E-state index in [4.69, 9.17) is 4.84 Å². The second kappa shape index (κ2) is 1.97. The zero-order chi connectivity index (χ0) is 9.57. The smallest absolute Gasteiger partial charge is 0.139 e.